The normalized spacial score (nSPS) is 22.1. The van der Waals surface area contributed by atoms with Crippen LogP contribution >= 0.6 is 23.4 Å². The van der Waals surface area contributed by atoms with Crippen LogP contribution in [0.2, 0.25) is 5.02 Å². The lowest BCUT2D eigenvalue weighted by atomic mass is 9.93. The number of ether oxygens (including phenoxy) is 1. The zero-order chi connectivity index (χ0) is 11.5. The summed E-state index contributed by atoms with van der Waals surface area (Å²) < 4.78 is 5.21. The molecule has 0 aromatic heterocycles. The maximum Gasteiger partial charge on any atom is 0.137 e. The van der Waals surface area contributed by atoms with Gasteiger partial charge in [-0.2, -0.15) is 11.8 Å². The zero-order valence-corrected chi connectivity index (χ0v) is 10.9. The van der Waals surface area contributed by atoms with Gasteiger partial charge < -0.3 is 10.5 Å². The van der Waals surface area contributed by atoms with E-state index >= 15 is 0 Å². The summed E-state index contributed by atoms with van der Waals surface area (Å²) in [6, 6.07) is 5.91. The first-order valence-corrected chi connectivity index (χ1v) is 6.92. The second kappa shape index (κ2) is 5.30. The van der Waals surface area contributed by atoms with E-state index in [9.17, 15) is 0 Å². The van der Waals surface area contributed by atoms with Crippen molar-refractivity contribution in [1.82, 2.24) is 0 Å². The first kappa shape index (κ1) is 12.1. The van der Waals surface area contributed by atoms with Gasteiger partial charge >= 0.3 is 0 Å². The number of benzene rings is 1. The fourth-order valence-corrected chi connectivity index (χ4v) is 3.50. The Hall–Kier alpha value is -0.380. The highest BCUT2D eigenvalue weighted by molar-refractivity contribution is 7.99. The van der Waals surface area contributed by atoms with E-state index in [1.165, 1.54) is 12.2 Å². The number of thioether (sulfide) groups is 1. The highest BCUT2D eigenvalue weighted by atomic mass is 35.5. The molecule has 2 nitrogen and oxygen atoms in total. The summed E-state index contributed by atoms with van der Waals surface area (Å²) in [6.45, 7) is 0. The predicted octanol–water partition coefficient (Wildman–Crippen LogP) is 3.10. The molecule has 88 valence electrons. The number of halogens is 1. The molecule has 1 fully saturated rings. The quantitative estimate of drug-likeness (QED) is 0.904. The van der Waals surface area contributed by atoms with Gasteiger partial charge in [0.25, 0.3) is 0 Å². The second-order valence-electron chi connectivity index (χ2n) is 4.04. The van der Waals surface area contributed by atoms with Crippen molar-refractivity contribution in [1.29, 1.82) is 0 Å². The van der Waals surface area contributed by atoms with E-state index in [-0.39, 0.29) is 6.04 Å². The molecule has 2 N–H and O–H groups in total. The summed E-state index contributed by atoms with van der Waals surface area (Å²) in [5, 5.41) is 0.638. The highest BCUT2D eigenvalue weighted by Gasteiger charge is 2.24. The van der Waals surface area contributed by atoms with Crippen molar-refractivity contribution < 1.29 is 4.74 Å². The Morgan fingerprint density at radius 2 is 2.38 bits per heavy atom. The summed E-state index contributed by atoms with van der Waals surface area (Å²) >= 11 is 7.97. The molecule has 2 unspecified atom stereocenters. The van der Waals surface area contributed by atoms with Gasteiger partial charge in [-0.25, -0.2) is 0 Å². The van der Waals surface area contributed by atoms with E-state index in [0.29, 0.717) is 16.7 Å². The van der Waals surface area contributed by atoms with Crippen molar-refractivity contribution in [3.05, 3.63) is 28.8 Å². The SMILES string of the molecule is COc1cc(C(N)C2CCSC2)ccc1Cl. The Bertz CT molecular complexity index is 366. The van der Waals surface area contributed by atoms with Gasteiger partial charge in [0.15, 0.2) is 0 Å². The molecule has 1 aliphatic rings. The van der Waals surface area contributed by atoms with Crippen LogP contribution < -0.4 is 10.5 Å². The lowest BCUT2D eigenvalue weighted by Crippen LogP contribution is -2.21. The molecule has 1 aromatic rings. The summed E-state index contributed by atoms with van der Waals surface area (Å²) in [6.07, 6.45) is 1.21. The van der Waals surface area contributed by atoms with E-state index in [1.54, 1.807) is 7.11 Å². The van der Waals surface area contributed by atoms with Crippen LogP contribution in [0.15, 0.2) is 18.2 Å². The van der Waals surface area contributed by atoms with Crippen molar-refractivity contribution in [2.45, 2.75) is 12.5 Å². The molecule has 4 heteroatoms. The average molecular weight is 258 g/mol. The third-order valence-electron chi connectivity index (χ3n) is 3.03. The van der Waals surface area contributed by atoms with Crippen LogP contribution in [-0.4, -0.2) is 18.6 Å². The Morgan fingerprint density at radius 3 is 3.00 bits per heavy atom. The lowest BCUT2D eigenvalue weighted by molar-refractivity contribution is 0.412. The van der Waals surface area contributed by atoms with Gasteiger partial charge in [0.2, 0.25) is 0 Å². The van der Waals surface area contributed by atoms with Crippen LogP contribution in [0.1, 0.15) is 18.0 Å². The summed E-state index contributed by atoms with van der Waals surface area (Å²) in [4.78, 5) is 0. The summed E-state index contributed by atoms with van der Waals surface area (Å²) in [5.41, 5.74) is 7.38. The number of nitrogens with two attached hydrogens (primary N) is 1. The maximum absolute atomic E-state index is 6.26. The molecule has 0 aliphatic carbocycles. The number of rotatable bonds is 3. The highest BCUT2D eigenvalue weighted by Crippen LogP contribution is 2.35. The van der Waals surface area contributed by atoms with E-state index in [1.807, 2.05) is 30.0 Å². The Morgan fingerprint density at radius 1 is 1.56 bits per heavy atom. The van der Waals surface area contributed by atoms with Crippen molar-refractivity contribution in [2.75, 3.05) is 18.6 Å². The van der Waals surface area contributed by atoms with Gasteiger partial charge in [-0.15, -0.1) is 0 Å². The average Bonchev–Trinajstić information content (AvgIpc) is 2.82. The van der Waals surface area contributed by atoms with Crippen LogP contribution in [0.5, 0.6) is 5.75 Å². The van der Waals surface area contributed by atoms with Crippen molar-refractivity contribution in [2.24, 2.45) is 11.7 Å². The van der Waals surface area contributed by atoms with Crippen LogP contribution in [0.25, 0.3) is 0 Å². The molecule has 1 heterocycles. The monoisotopic (exact) mass is 257 g/mol. The molecule has 2 rings (SSSR count). The third-order valence-corrected chi connectivity index (χ3v) is 4.53. The van der Waals surface area contributed by atoms with Crippen LogP contribution in [0, 0.1) is 5.92 Å². The molecule has 1 aliphatic heterocycles. The Balaban J connectivity index is 2.19. The predicted molar refractivity (Wildman–Crippen MR) is 70.4 cm³/mol. The van der Waals surface area contributed by atoms with Gasteiger partial charge in [0.05, 0.1) is 12.1 Å². The minimum Gasteiger partial charge on any atom is -0.495 e. The molecule has 0 radical (unpaired) electrons. The molecule has 1 saturated heterocycles. The van der Waals surface area contributed by atoms with Gasteiger partial charge in [-0.05, 0) is 41.5 Å². The molecule has 0 saturated carbocycles. The molecule has 16 heavy (non-hydrogen) atoms. The minimum absolute atomic E-state index is 0.0983. The summed E-state index contributed by atoms with van der Waals surface area (Å²) in [5.74, 6) is 3.67. The molecule has 2 atom stereocenters. The van der Waals surface area contributed by atoms with Crippen LogP contribution in [0.4, 0.5) is 0 Å². The lowest BCUT2D eigenvalue weighted by Gasteiger charge is -2.19. The first-order valence-electron chi connectivity index (χ1n) is 5.39. The standard InChI is InChI=1S/C12H16ClNOS/c1-15-11-6-8(2-3-10(11)13)12(14)9-4-5-16-7-9/h2-3,6,9,12H,4-5,7,14H2,1H3. The van der Waals surface area contributed by atoms with Gasteiger partial charge in [0.1, 0.15) is 5.75 Å². The van der Waals surface area contributed by atoms with E-state index in [0.717, 1.165) is 11.3 Å². The second-order valence-corrected chi connectivity index (χ2v) is 5.60. The van der Waals surface area contributed by atoms with Crippen molar-refractivity contribution >= 4 is 23.4 Å². The van der Waals surface area contributed by atoms with Crippen LogP contribution in [-0.2, 0) is 0 Å². The van der Waals surface area contributed by atoms with E-state index in [2.05, 4.69) is 0 Å². The fourth-order valence-electron chi connectivity index (χ4n) is 1.99. The topological polar surface area (TPSA) is 35.2 Å². The van der Waals surface area contributed by atoms with Gasteiger partial charge in [-0.1, -0.05) is 17.7 Å². The number of methoxy groups -OCH3 is 1. The molecule has 0 bridgehead atoms. The van der Waals surface area contributed by atoms with Crippen molar-refractivity contribution in [3.8, 4) is 5.75 Å². The molecular weight excluding hydrogens is 242 g/mol. The number of hydrogen-bond donors (Lipinski definition) is 1. The number of hydrogen-bond acceptors (Lipinski definition) is 3. The van der Waals surface area contributed by atoms with Crippen LogP contribution in [0.3, 0.4) is 0 Å². The van der Waals surface area contributed by atoms with E-state index in [4.69, 9.17) is 22.1 Å². The molecule has 0 spiro atoms. The first-order chi connectivity index (χ1) is 7.72. The Kier molecular flexibility index (Phi) is 4.00. The third kappa shape index (κ3) is 2.47. The zero-order valence-electron chi connectivity index (χ0n) is 9.28. The summed E-state index contributed by atoms with van der Waals surface area (Å²) in [7, 11) is 1.63. The smallest absolute Gasteiger partial charge is 0.137 e. The fraction of sp³-hybridized carbons (Fsp3) is 0.500. The maximum atomic E-state index is 6.26. The molecule has 1 aromatic carbocycles. The largest absolute Gasteiger partial charge is 0.495 e. The van der Waals surface area contributed by atoms with E-state index < -0.39 is 0 Å². The minimum atomic E-state index is 0.0983. The molecular formula is C12H16ClNOS. The molecule has 0 amide bonds. The van der Waals surface area contributed by atoms with Gasteiger partial charge in [-0.3, -0.25) is 0 Å². The van der Waals surface area contributed by atoms with Gasteiger partial charge in [0, 0.05) is 6.04 Å². The Labute approximate surface area is 105 Å². The van der Waals surface area contributed by atoms with Crippen molar-refractivity contribution in [3.63, 3.8) is 0 Å².